The number of carboxylic acids is 1. The second-order valence-corrected chi connectivity index (χ2v) is 5.27. The maximum absolute atomic E-state index is 11.7. The normalized spacial score (nSPS) is 12.4. The van der Waals surface area contributed by atoms with Crippen LogP contribution in [-0.2, 0) is 10.0 Å². The molecule has 0 radical (unpaired) electrons. The molecule has 0 aliphatic rings. The molecule has 0 aromatic carbocycles. The molecule has 2 N–H and O–H groups in total. The van der Waals surface area contributed by atoms with Crippen molar-refractivity contribution < 1.29 is 18.3 Å². The summed E-state index contributed by atoms with van der Waals surface area (Å²) < 4.78 is 25.5. The standard InChI is InChI=1S/C10H11N3O4S/c1-2-8(6-11)18(16,17)13-9-5-7(10(14)15)3-4-12-9/h3-5,8H,2H2,1H3,(H,12,13)(H,14,15). The van der Waals surface area contributed by atoms with E-state index >= 15 is 0 Å². The topological polar surface area (TPSA) is 120 Å². The number of nitriles is 1. The molecule has 0 amide bonds. The molecule has 0 saturated carbocycles. The molecule has 96 valence electrons. The van der Waals surface area contributed by atoms with Crippen LogP contribution in [-0.4, -0.2) is 29.7 Å². The van der Waals surface area contributed by atoms with E-state index in [2.05, 4.69) is 9.71 Å². The van der Waals surface area contributed by atoms with Crippen molar-refractivity contribution in [3.8, 4) is 6.07 Å². The van der Waals surface area contributed by atoms with E-state index < -0.39 is 21.2 Å². The number of hydrogen-bond donors (Lipinski definition) is 2. The van der Waals surface area contributed by atoms with Gasteiger partial charge in [-0.1, -0.05) is 6.92 Å². The summed E-state index contributed by atoms with van der Waals surface area (Å²) in [6.45, 7) is 1.56. The fraction of sp³-hybridized carbons (Fsp3) is 0.300. The summed E-state index contributed by atoms with van der Waals surface area (Å²) in [7, 11) is -3.88. The van der Waals surface area contributed by atoms with Gasteiger partial charge < -0.3 is 5.11 Å². The van der Waals surface area contributed by atoms with Gasteiger partial charge in [0.2, 0.25) is 10.0 Å². The Bertz CT molecular complexity index is 591. The Morgan fingerprint density at radius 2 is 2.33 bits per heavy atom. The zero-order valence-electron chi connectivity index (χ0n) is 9.49. The van der Waals surface area contributed by atoms with Crippen LogP contribution in [0.5, 0.6) is 0 Å². The largest absolute Gasteiger partial charge is 0.478 e. The predicted molar refractivity (Wildman–Crippen MR) is 63.4 cm³/mol. The lowest BCUT2D eigenvalue weighted by Crippen LogP contribution is -2.26. The molecule has 1 unspecified atom stereocenters. The van der Waals surface area contributed by atoms with Gasteiger partial charge >= 0.3 is 5.97 Å². The third-order valence-electron chi connectivity index (χ3n) is 2.14. The van der Waals surface area contributed by atoms with Gasteiger partial charge in [0, 0.05) is 6.20 Å². The molecule has 1 aromatic heterocycles. The average Bonchev–Trinajstić information content (AvgIpc) is 2.29. The lowest BCUT2D eigenvalue weighted by Gasteiger charge is -2.10. The van der Waals surface area contributed by atoms with E-state index in [1.807, 2.05) is 0 Å². The highest BCUT2D eigenvalue weighted by Gasteiger charge is 2.23. The number of rotatable bonds is 5. The van der Waals surface area contributed by atoms with Gasteiger partial charge in [0.25, 0.3) is 0 Å². The Hall–Kier alpha value is -2.14. The molecule has 0 fully saturated rings. The first-order valence-electron chi connectivity index (χ1n) is 5.01. The number of carbonyl (C=O) groups is 1. The highest BCUT2D eigenvalue weighted by molar-refractivity contribution is 7.93. The van der Waals surface area contributed by atoms with Gasteiger partial charge in [0.1, 0.15) is 5.82 Å². The third kappa shape index (κ3) is 3.18. The molecule has 1 heterocycles. The molecule has 18 heavy (non-hydrogen) atoms. The molecule has 7 nitrogen and oxygen atoms in total. The quantitative estimate of drug-likeness (QED) is 0.816. The van der Waals surface area contributed by atoms with Crippen LogP contribution in [0.4, 0.5) is 5.82 Å². The molecule has 0 saturated heterocycles. The molecular formula is C10H11N3O4S. The smallest absolute Gasteiger partial charge is 0.335 e. The highest BCUT2D eigenvalue weighted by Crippen LogP contribution is 2.12. The number of aromatic carboxylic acids is 1. The van der Waals surface area contributed by atoms with Crippen molar-refractivity contribution in [2.45, 2.75) is 18.6 Å². The van der Waals surface area contributed by atoms with E-state index in [1.54, 1.807) is 13.0 Å². The van der Waals surface area contributed by atoms with Gasteiger partial charge in [0.05, 0.1) is 11.6 Å². The van der Waals surface area contributed by atoms with Crippen molar-refractivity contribution in [2.75, 3.05) is 4.72 Å². The summed E-state index contributed by atoms with van der Waals surface area (Å²) in [5.74, 6) is -1.31. The summed E-state index contributed by atoms with van der Waals surface area (Å²) in [4.78, 5) is 14.4. The number of nitrogens with zero attached hydrogens (tertiary/aromatic N) is 2. The highest BCUT2D eigenvalue weighted by atomic mass is 32.2. The van der Waals surface area contributed by atoms with Crippen molar-refractivity contribution in [3.63, 3.8) is 0 Å². The van der Waals surface area contributed by atoms with E-state index in [0.29, 0.717) is 0 Å². The maximum atomic E-state index is 11.7. The van der Waals surface area contributed by atoms with Gasteiger partial charge in [-0.2, -0.15) is 5.26 Å². The molecule has 1 rings (SSSR count). The Labute approximate surface area is 104 Å². The molecule has 0 spiro atoms. The lowest BCUT2D eigenvalue weighted by molar-refractivity contribution is 0.0697. The first-order chi connectivity index (χ1) is 8.40. The summed E-state index contributed by atoms with van der Waals surface area (Å²) in [5, 5.41) is 16.2. The van der Waals surface area contributed by atoms with Crippen LogP contribution in [0.15, 0.2) is 18.3 Å². The molecule has 8 heteroatoms. The van der Waals surface area contributed by atoms with Crippen LogP contribution < -0.4 is 4.72 Å². The monoisotopic (exact) mass is 269 g/mol. The van der Waals surface area contributed by atoms with Gasteiger partial charge in [-0.15, -0.1) is 0 Å². The van der Waals surface area contributed by atoms with Gasteiger partial charge in [-0.3, -0.25) is 4.72 Å². The Kier molecular flexibility index (Phi) is 4.23. The molecule has 1 atom stereocenters. The number of hydrogen-bond acceptors (Lipinski definition) is 5. The fourth-order valence-corrected chi connectivity index (χ4v) is 2.34. The minimum absolute atomic E-state index is 0.0901. The van der Waals surface area contributed by atoms with E-state index in [4.69, 9.17) is 10.4 Å². The number of carboxylic acid groups (broad SMARTS) is 1. The Morgan fingerprint density at radius 3 is 2.83 bits per heavy atom. The minimum atomic E-state index is -3.88. The second-order valence-electron chi connectivity index (χ2n) is 3.41. The van der Waals surface area contributed by atoms with Crippen LogP contribution in [0.2, 0.25) is 0 Å². The SMILES string of the molecule is CCC(C#N)S(=O)(=O)Nc1cc(C(=O)O)ccn1. The molecule has 0 bridgehead atoms. The van der Waals surface area contributed by atoms with E-state index in [9.17, 15) is 13.2 Å². The van der Waals surface area contributed by atoms with Crippen molar-refractivity contribution in [1.29, 1.82) is 5.26 Å². The Balaban J connectivity index is 3.02. The number of pyridine rings is 1. The van der Waals surface area contributed by atoms with Crippen molar-refractivity contribution >= 4 is 21.8 Å². The summed E-state index contributed by atoms with van der Waals surface area (Å²) in [6.07, 6.45) is 1.30. The zero-order valence-corrected chi connectivity index (χ0v) is 10.3. The summed E-state index contributed by atoms with van der Waals surface area (Å²) >= 11 is 0. The summed E-state index contributed by atoms with van der Waals surface area (Å²) in [6, 6.07) is 3.98. The van der Waals surface area contributed by atoms with Crippen molar-refractivity contribution in [1.82, 2.24) is 4.98 Å². The first-order valence-corrected chi connectivity index (χ1v) is 6.56. The second kappa shape index (κ2) is 5.46. The molecular weight excluding hydrogens is 258 g/mol. The first kappa shape index (κ1) is 13.9. The van der Waals surface area contributed by atoms with Crippen LogP contribution in [0, 0.1) is 11.3 Å². The van der Waals surface area contributed by atoms with Gasteiger partial charge in [-0.05, 0) is 18.6 Å². The number of sulfonamides is 1. The van der Waals surface area contributed by atoms with Crippen molar-refractivity contribution in [3.05, 3.63) is 23.9 Å². The number of aromatic nitrogens is 1. The van der Waals surface area contributed by atoms with Crippen LogP contribution >= 0.6 is 0 Å². The Morgan fingerprint density at radius 1 is 1.67 bits per heavy atom. The van der Waals surface area contributed by atoms with Crippen LogP contribution in [0.3, 0.4) is 0 Å². The zero-order chi connectivity index (χ0) is 13.8. The molecule has 1 aromatic rings. The van der Waals surface area contributed by atoms with E-state index in [-0.39, 0.29) is 17.8 Å². The maximum Gasteiger partial charge on any atom is 0.335 e. The van der Waals surface area contributed by atoms with Crippen LogP contribution in [0.25, 0.3) is 0 Å². The van der Waals surface area contributed by atoms with Gasteiger partial charge in [0.15, 0.2) is 5.25 Å². The average molecular weight is 269 g/mol. The van der Waals surface area contributed by atoms with E-state index in [1.165, 1.54) is 12.3 Å². The van der Waals surface area contributed by atoms with Crippen LogP contribution in [0.1, 0.15) is 23.7 Å². The van der Waals surface area contributed by atoms with E-state index in [0.717, 1.165) is 6.07 Å². The number of anilines is 1. The van der Waals surface area contributed by atoms with Gasteiger partial charge in [-0.25, -0.2) is 18.2 Å². The number of nitrogens with one attached hydrogen (secondary N) is 1. The fourth-order valence-electron chi connectivity index (χ4n) is 1.22. The lowest BCUT2D eigenvalue weighted by atomic mass is 10.3. The summed E-state index contributed by atoms with van der Waals surface area (Å²) in [5.41, 5.74) is -0.0901. The minimum Gasteiger partial charge on any atom is -0.478 e. The molecule has 0 aliphatic heterocycles. The van der Waals surface area contributed by atoms with Crippen molar-refractivity contribution in [2.24, 2.45) is 0 Å². The predicted octanol–water partition coefficient (Wildman–Crippen LogP) is 0.824. The third-order valence-corrected chi connectivity index (χ3v) is 3.82. The molecule has 0 aliphatic carbocycles.